The third-order valence-corrected chi connectivity index (χ3v) is 3.60. The molecule has 1 atom stereocenters. The molecule has 1 aliphatic rings. The molecule has 2 rings (SSSR count). The lowest BCUT2D eigenvalue weighted by molar-refractivity contribution is -0.126. The molecule has 16 heavy (non-hydrogen) atoms. The van der Waals surface area contributed by atoms with Gasteiger partial charge in [-0.15, -0.1) is 0 Å². The predicted molar refractivity (Wildman–Crippen MR) is 62.4 cm³/mol. The molecular weight excluding hydrogens is 226 g/mol. The molecule has 1 aromatic heterocycles. The summed E-state index contributed by atoms with van der Waals surface area (Å²) in [5, 5.41) is 7.75. The van der Waals surface area contributed by atoms with Crippen LogP contribution in [0.1, 0.15) is 25.5 Å². The Bertz CT molecular complexity index is 431. The average molecular weight is 241 g/mol. The van der Waals surface area contributed by atoms with Gasteiger partial charge in [0, 0.05) is 11.1 Å². The lowest BCUT2D eigenvalue weighted by Gasteiger charge is -2.22. The predicted octanol–water partition coefficient (Wildman–Crippen LogP) is 0.195. The van der Waals surface area contributed by atoms with E-state index in [0.29, 0.717) is 6.54 Å². The number of carbonyl (C=O) groups excluding carboxylic acids is 1. The van der Waals surface area contributed by atoms with E-state index in [0.717, 1.165) is 36.4 Å². The van der Waals surface area contributed by atoms with E-state index in [1.54, 1.807) is 5.38 Å². The lowest BCUT2D eigenvalue weighted by atomic mass is 9.99. The second kappa shape index (κ2) is 4.39. The van der Waals surface area contributed by atoms with Gasteiger partial charge in [-0.1, -0.05) is 11.3 Å². The van der Waals surface area contributed by atoms with Gasteiger partial charge in [-0.3, -0.25) is 9.59 Å². The summed E-state index contributed by atoms with van der Waals surface area (Å²) in [4.78, 5) is 25.4. The monoisotopic (exact) mass is 241 g/mol. The first kappa shape index (κ1) is 11.3. The minimum atomic E-state index is -0.448. The van der Waals surface area contributed by atoms with E-state index in [9.17, 15) is 9.59 Å². The summed E-state index contributed by atoms with van der Waals surface area (Å²) in [6.07, 6.45) is 1.89. The zero-order chi connectivity index (χ0) is 11.6. The van der Waals surface area contributed by atoms with E-state index in [-0.39, 0.29) is 10.8 Å². The second-order valence-electron chi connectivity index (χ2n) is 4.22. The number of aromatic nitrogens is 1. The molecule has 1 unspecified atom stereocenters. The maximum Gasteiger partial charge on any atom is 0.304 e. The molecule has 1 amide bonds. The number of aromatic amines is 1. The molecule has 3 N–H and O–H groups in total. The Labute approximate surface area is 97.3 Å². The van der Waals surface area contributed by atoms with Gasteiger partial charge in [-0.2, -0.15) is 0 Å². The first-order chi connectivity index (χ1) is 7.60. The molecule has 88 valence electrons. The van der Waals surface area contributed by atoms with Crippen LogP contribution in [0.2, 0.25) is 0 Å². The minimum absolute atomic E-state index is 0.00273. The number of H-pyrrole nitrogens is 1. The van der Waals surface area contributed by atoms with Gasteiger partial charge in [-0.05, 0) is 26.3 Å². The van der Waals surface area contributed by atoms with Crippen LogP contribution in [0.3, 0.4) is 0 Å². The van der Waals surface area contributed by atoms with Crippen molar-refractivity contribution in [2.24, 2.45) is 0 Å². The number of rotatable bonds is 3. The van der Waals surface area contributed by atoms with Crippen LogP contribution in [-0.2, 0) is 11.3 Å². The van der Waals surface area contributed by atoms with Gasteiger partial charge < -0.3 is 15.6 Å². The van der Waals surface area contributed by atoms with Crippen LogP contribution in [-0.4, -0.2) is 23.0 Å². The van der Waals surface area contributed by atoms with Gasteiger partial charge in [0.25, 0.3) is 0 Å². The van der Waals surface area contributed by atoms with Gasteiger partial charge in [0.15, 0.2) is 0 Å². The van der Waals surface area contributed by atoms with Crippen molar-refractivity contribution in [3.63, 3.8) is 0 Å². The zero-order valence-electron chi connectivity index (χ0n) is 9.13. The van der Waals surface area contributed by atoms with E-state index in [4.69, 9.17) is 0 Å². The number of amides is 1. The van der Waals surface area contributed by atoms with Gasteiger partial charge in [0.1, 0.15) is 0 Å². The van der Waals surface area contributed by atoms with E-state index >= 15 is 0 Å². The van der Waals surface area contributed by atoms with E-state index in [1.165, 1.54) is 0 Å². The van der Waals surface area contributed by atoms with Crippen molar-refractivity contribution in [2.75, 3.05) is 6.54 Å². The Morgan fingerprint density at radius 1 is 1.69 bits per heavy atom. The van der Waals surface area contributed by atoms with Crippen molar-refractivity contribution in [1.29, 1.82) is 0 Å². The zero-order valence-corrected chi connectivity index (χ0v) is 9.95. The van der Waals surface area contributed by atoms with Crippen LogP contribution < -0.4 is 15.5 Å². The molecule has 1 aliphatic heterocycles. The van der Waals surface area contributed by atoms with Crippen LogP contribution in [0.25, 0.3) is 0 Å². The van der Waals surface area contributed by atoms with Crippen molar-refractivity contribution < 1.29 is 4.79 Å². The molecule has 0 aliphatic carbocycles. The number of hydrogen-bond acceptors (Lipinski definition) is 4. The van der Waals surface area contributed by atoms with Crippen LogP contribution in [0.4, 0.5) is 0 Å². The molecule has 1 aromatic rings. The molecule has 0 radical (unpaired) electrons. The van der Waals surface area contributed by atoms with Gasteiger partial charge in [-0.25, -0.2) is 0 Å². The molecule has 1 fully saturated rings. The molecule has 0 aromatic carbocycles. The second-order valence-corrected chi connectivity index (χ2v) is 5.06. The molecular formula is C10H15N3O2S. The van der Waals surface area contributed by atoms with Crippen molar-refractivity contribution in [3.8, 4) is 0 Å². The average Bonchev–Trinajstić information content (AvgIpc) is 2.85. The third kappa shape index (κ3) is 2.33. The van der Waals surface area contributed by atoms with Crippen molar-refractivity contribution in [3.05, 3.63) is 20.7 Å². The Hall–Kier alpha value is -1.14. The molecule has 0 saturated carbocycles. The van der Waals surface area contributed by atoms with Crippen molar-refractivity contribution in [2.45, 2.75) is 31.8 Å². The summed E-state index contributed by atoms with van der Waals surface area (Å²) in [5.74, 6) is -0.00273. The maximum absolute atomic E-state index is 11.9. The lowest BCUT2D eigenvalue weighted by Crippen LogP contribution is -2.50. The number of carbonyl (C=O) groups is 1. The Balaban J connectivity index is 1.90. The summed E-state index contributed by atoms with van der Waals surface area (Å²) in [5.41, 5.74) is 0.306. The van der Waals surface area contributed by atoms with Crippen LogP contribution >= 0.6 is 11.3 Å². The highest BCUT2D eigenvalue weighted by Crippen LogP contribution is 2.18. The largest absolute Gasteiger partial charge is 0.349 e. The topological polar surface area (TPSA) is 74.0 Å². The quantitative estimate of drug-likeness (QED) is 0.707. The van der Waals surface area contributed by atoms with Crippen LogP contribution in [0, 0.1) is 0 Å². The minimum Gasteiger partial charge on any atom is -0.349 e. The molecule has 2 heterocycles. The first-order valence-corrected chi connectivity index (χ1v) is 6.18. The number of nitrogens with one attached hydrogen (secondary N) is 3. The number of thiazole rings is 1. The van der Waals surface area contributed by atoms with Crippen LogP contribution in [0.5, 0.6) is 0 Å². The normalized spacial score (nSPS) is 24.6. The summed E-state index contributed by atoms with van der Waals surface area (Å²) in [6.45, 7) is 3.18. The molecule has 0 bridgehead atoms. The Morgan fingerprint density at radius 2 is 2.50 bits per heavy atom. The molecule has 1 saturated heterocycles. The summed E-state index contributed by atoms with van der Waals surface area (Å²) in [7, 11) is 0. The smallest absolute Gasteiger partial charge is 0.304 e. The summed E-state index contributed by atoms with van der Waals surface area (Å²) < 4.78 is 0. The molecule has 0 spiro atoms. The summed E-state index contributed by atoms with van der Waals surface area (Å²) >= 11 is 1.11. The maximum atomic E-state index is 11.9. The standard InChI is InChI=1S/C10H15N3O2S/c1-10(3-2-4-12-10)8(14)11-5-7-6-16-9(15)13-7/h6,12H,2-5H2,1H3,(H,11,14)(H,13,15). The van der Waals surface area contributed by atoms with E-state index < -0.39 is 5.54 Å². The fourth-order valence-electron chi connectivity index (χ4n) is 1.86. The van der Waals surface area contributed by atoms with Crippen LogP contribution in [0.15, 0.2) is 10.2 Å². The first-order valence-electron chi connectivity index (χ1n) is 5.30. The summed E-state index contributed by atoms with van der Waals surface area (Å²) in [6, 6.07) is 0. The Morgan fingerprint density at radius 3 is 3.06 bits per heavy atom. The molecule has 5 nitrogen and oxygen atoms in total. The molecule has 6 heteroatoms. The van der Waals surface area contributed by atoms with Crippen molar-refractivity contribution >= 4 is 17.2 Å². The highest BCUT2D eigenvalue weighted by Gasteiger charge is 2.35. The van der Waals surface area contributed by atoms with E-state index in [1.807, 2.05) is 6.92 Å². The van der Waals surface area contributed by atoms with E-state index in [2.05, 4.69) is 15.6 Å². The number of hydrogen-bond donors (Lipinski definition) is 3. The Kier molecular flexibility index (Phi) is 3.11. The highest BCUT2D eigenvalue weighted by atomic mass is 32.1. The van der Waals surface area contributed by atoms with Crippen molar-refractivity contribution in [1.82, 2.24) is 15.6 Å². The SMILES string of the molecule is CC1(C(=O)NCc2csc(=O)[nH]2)CCCN1. The fourth-order valence-corrected chi connectivity index (χ4v) is 2.44. The van der Waals surface area contributed by atoms with Gasteiger partial charge in [0.2, 0.25) is 5.91 Å². The highest BCUT2D eigenvalue weighted by molar-refractivity contribution is 7.07. The van der Waals surface area contributed by atoms with Gasteiger partial charge in [0.05, 0.1) is 12.1 Å². The van der Waals surface area contributed by atoms with Gasteiger partial charge >= 0.3 is 4.87 Å². The fraction of sp³-hybridized carbons (Fsp3) is 0.600. The third-order valence-electron chi connectivity index (χ3n) is 2.88.